The Morgan fingerprint density at radius 3 is 2.72 bits per heavy atom. The van der Waals surface area contributed by atoms with Gasteiger partial charge in [0.25, 0.3) is 5.56 Å². The molecule has 3 rings (SSSR count). The van der Waals surface area contributed by atoms with Crippen LogP contribution in [0.25, 0.3) is 0 Å². The summed E-state index contributed by atoms with van der Waals surface area (Å²) in [6, 6.07) is 6.68. The molecule has 0 fully saturated rings. The van der Waals surface area contributed by atoms with E-state index in [4.69, 9.17) is 26.8 Å². The first-order chi connectivity index (χ1) is 11.9. The molecule has 4 N–H and O–H groups in total. The Hall–Kier alpha value is -3.00. The van der Waals surface area contributed by atoms with Crippen LogP contribution in [0.4, 0.5) is 0 Å². The number of aromatic nitrogens is 2. The van der Waals surface area contributed by atoms with E-state index in [-0.39, 0.29) is 29.5 Å². The number of ether oxygens (including phenoxy) is 2. The van der Waals surface area contributed by atoms with Gasteiger partial charge in [-0.05, 0) is 18.6 Å². The number of esters is 1. The smallest absolute Gasteiger partial charge is 0.340 e. The van der Waals surface area contributed by atoms with Crippen LogP contribution in [0.2, 0.25) is 5.02 Å². The van der Waals surface area contributed by atoms with E-state index in [1.807, 2.05) is 0 Å². The molecule has 0 saturated heterocycles. The minimum atomic E-state index is -0.947. The maximum Gasteiger partial charge on any atom is 0.340 e. The molecular formula is C16H14ClN3O5. The zero-order valence-electron chi connectivity index (χ0n) is 13.1. The Morgan fingerprint density at radius 2 is 2.04 bits per heavy atom. The number of aromatic amines is 2. The number of nitrogens with two attached hydrogens (primary N) is 1. The van der Waals surface area contributed by atoms with Crippen molar-refractivity contribution < 1.29 is 14.3 Å². The minimum Gasteiger partial charge on any atom is -0.462 e. The highest BCUT2D eigenvalue weighted by Gasteiger charge is 2.39. The van der Waals surface area contributed by atoms with Gasteiger partial charge >= 0.3 is 11.7 Å². The van der Waals surface area contributed by atoms with Crippen LogP contribution in [0.3, 0.4) is 0 Å². The zero-order valence-corrected chi connectivity index (χ0v) is 13.8. The molecule has 0 spiro atoms. The molecule has 0 amide bonds. The number of carbonyl (C=O) groups excluding carboxylic acids is 1. The average Bonchev–Trinajstić information content (AvgIpc) is 2.53. The van der Waals surface area contributed by atoms with Gasteiger partial charge < -0.3 is 15.2 Å². The molecule has 1 aliphatic rings. The predicted octanol–water partition coefficient (Wildman–Crippen LogP) is 0.974. The predicted molar refractivity (Wildman–Crippen MR) is 89.5 cm³/mol. The van der Waals surface area contributed by atoms with Gasteiger partial charge in [0.05, 0.1) is 18.1 Å². The standard InChI is InChI=1S/C16H14ClN3O5/c1-2-24-15(22)10-9(7-5-3-4-6-8(7)17)11-13(21)19-16(23)20-14(11)25-12(10)18/h3-6,9H,2,18H2,1H3,(H2,19,20,21,23)/t9-/m0/s1. The van der Waals surface area contributed by atoms with E-state index in [2.05, 4.69) is 9.97 Å². The Bertz CT molecular complexity index is 992. The highest BCUT2D eigenvalue weighted by atomic mass is 35.5. The summed E-state index contributed by atoms with van der Waals surface area (Å²) in [6.07, 6.45) is 0. The summed E-state index contributed by atoms with van der Waals surface area (Å²) in [6.45, 7) is 1.75. The van der Waals surface area contributed by atoms with E-state index in [1.54, 1.807) is 31.2 Å². The van der Waals surface area contributed by atoms with E-state index in [1.165, 1.54) is 0 Å². The number of hydrogen-bond donors (Lipinski definition) is 3. The third kappa shape index (κ3) is 2.91. The number of carbonyl (C=O) groups is 1. The Balaban J connectivity index is 2.32. The van der Waals surface area contributed by atoms with Crippen LogP contribution in [-0.4, -0.2) is 22.5 Å². The molecule has 130 valence electrons. The second-order valence-electron chi connectivity index (χ2n) is 5.21. The van der Waals surface area contributed by atoms with Crippen molar-refractivity contribution in [1.82, 2.24) is 9.97 Å². The average molecular weight is 364 g/mol. The van der Waals surface area contributed by atoms with Gasteiger partial charge in [0.1, 0.15) is 5.57 Å². The van der Waals surface area contributed by atoms with Crippen molar-refractivity contribution in [2.24, 2.45) is 5.73 Å². The lowest BCUT2D eigenvalue weighted by molar-refractivity contribution is -0.139. The maximum absolute atomic E-state index is 12.4. The van der Waals surface area contributed by atoms with Crippen molar-refractivity contribution in [3.63, 3.8) is 0 Å². The molecule has 2 aromatic rings. The lowest BCUT2D eigenvalue weighted by atomic mass is 9.84. The molecule has 0 unspecified atom stereocenters. The van der Waals surface area contributed by atoms with Gasteiger partial charge in [-0.25, -0.2) is 9.59 Å². The molecule has 0 radical (unpaired) electrons. The molecule has 1 atom stereocenters. The fourth-order valence-electron chi connectivity index (χ4n) is 2.72. The van der Waals surface area contributed by atoms with Crippen LogP contribution in [0.5, 0.6) is 5.88 Å². The Morgan fingerprint density at radius 1 is 1.32 bits per heavy atom. The Kier molecular flexibility index (Phi) is 4.37. The zero-order chi connectivity index (χ0) is 18.1. The van der Waals surface area contributed by atoms with Crippen LogP contribution < -0.4 is 21.7 Å². The second kappa shape index (κ2) is 6.48. The fraction of sp³-hybridized carbons (Fsp3) is 0.188. The lowest BCUT2D eigenvalue weighted by Gasteiger charge is -2.27. The largest absolute Gasteiger partial charge is 0.462 e. The Labute approximate surface area is 146 Å². The van der Waals surface area contributed by atoms with Crippen LogP contribution in [0, 0.1) is 0 Å². The van der Waals surface area contributed by atoms with E-state index < -0.39 is 23.1 Å². The summed E-state index contributed by atoms with van der Waals surface area (Å²) in [4.78, 5) is 40.8. The molecular weight excluding hydrogens is 350 g/mol. The highest BCUT2D eigenvalue weighted by molar-refractivity contribution is 6.31. The molecule has 9 heteroatoms. The first-order valence-electron chi connectivity index (χ1n) is 7.39. The molecule has 0 saturated carbocycles. The summed E-state index contributed by atoms with van der Waals surface area (Å²) in [7, 11) is 0. The SMILES string of the molecule is CCOC(=O)C1=C(N)Oc2[nH]c(=O)[nH]c(=O)c2[C@H]1c1ccccc1Cl. The number of benzene rings is 1. The van der Waals surface area contributed by atoms with Crippen molar-refractivity contribution in [1.29, 1.82) is 0 Å². The number of H-pyrrole nitrogens is 2. The maximum atomic E-state index is 12.4. The van der Waals surface area contributed by atoms with Crippen LogP contribution >= 0.6 is 11.6 Å². The monoisotopic (exact) mass is 363 g/mol. The summed E-state index contributed by atoms with van der Waals surface area (Å²) in [5.74, 6) is -2.08. The molecule has 1 aromatic heterocycles. The van der Waals surface area contributed by atoms with Crippen molar-refractivity contribution in [2.75, 3.05) is 6.61 Å². The van der Waals surface area contributed by atoms with Crippen molar-refractivity contribution in [3.05, 3.63) is 72.7 Å². The number of rotatable bonds is 3. The van der Waals surface area contributed by atoms with E-state index >= 15 is 0 Å². The summed E-state index contributed by atoms with van der Waals surface area (Å²) < 4.78 is 10.3. The molecule has 1 aromatic carbocycles. The second-order valence-corrected chi connectivity index (χ2v) is 5.61. The van der Waals surface area contributed by atoms with Crippen molar-refractivity contribution in [2.45, 2.75) is 12.8 Å². The molecule has 0 bridgehead atoms. The van der Waals surface area contributed by atoms with Gasteiger partial charge in [-0.2, -0.15) is 0 Å². The third-order valence-corrected chi connectivity index (χ3v) is 4.05. The lowest BCUT2D eigenvalue weighted by Crippen LogP contribution is -2.35. The molecule has 25 heavy (non-hydrogen) atoms. The van der Waals surface area contributed by atoms with E-state index in [0.29, 0.717) is 10.6 Å². The van der Waals surface area contributed by atoms with Gasteiger partial charge in [0.2, 0.25) is 11.8 Å². The van der Waals surface area contributed by atoms with E-state index in [9.17, 15) is 14.4 Å². The summed E-state index contributed by atoms with van der Waals surface area (Å²) in [5, 5.41) is 0.320. The minimum absolute atomic E-state index is 0.0185. The van der Waals surface area contributed by atoms with Crippen LogP contribution in [0.15, 0.2) is 45.3 Å². The molecule has 2 heterocycles. The molecule has 1 aliphatic heterocycles. The highest BCUT2D eigenvalue weighted by Crippen LogP contribution is 2.41. The van der Waals surface area contributed by atoms with Crippen LogP contribution in [-0.2, 0) is 9.53 Å². The number of hydrogen-bond acceptors (Lipinski definition) is 6. The number of halogens is 1. The first-order valence-corrected chi connectivity index (χ1v) is 7.77. The molecule has 8 nitrogen and oxygen atoms in total. The fourth-order valence-corrected chi connectivity index (χ4v) is 2.96. The molecule has 0 aliphatic carbocycles. The topological polar surface area (TPSA) is 127 Å². The van der Waals surface area contributed by atoms with Crippen LogP contribution in [0.1, 0.15) is 24.0 Å². The van der Waals surface area contributed by atoms with Crippen molar-refractivity contribution >= 4 is 17.6 Å². The quantitative estimate of drug-likeness (QED) is 0.697. The summed E-state index contributed by atoms with van der Waals surface area (Å²) >= 11 is 6.26. The van der Waals surface area contributed by atoms with E-state index in [0.717, 1.165) is 0 Å². The summed E-state index contributed by atoms with van der Waals surface area (Å²) in [5.41, 5.74) is 4.84. The first kappa shape index (κ1) is 16.8. The number of nitrogens with one attached hydrogen (secondary N) is 2. The van der Waals surface area contributed by atoms with Gasteiger partial charge in [-0.1, -0.05) is 29.8 Å². The van der Waals surface area contributed by atoms with Crippen molar-refractivity contribution in [3.8, 4) is 5.88 Å². The van der Waals surface area contributed by atoms with Gasteiger partial charge in [-0.3, -0.25) is 14.8 Å². The number of fused-ring (bicyclic) bond motifs is 1. The third-order valence-electron chi connectivity index (χ3n) is 3.71. The van der Waals surface area contributed by atoms with Gasteiger partial charge in [-0.15, -0.1) is 0 Å². The van der Waals surface area contributed by atoms with Gasteiger partial charge in [0, 0.05) is 5.02 Å². The van der Waals surface area contributed by atoms with Gasteiger partial charge in [0.15, 0.2) is 0 Å². The normalized spacial score (nSPS) is 16.2.